The number of hydrogen-bond acceptors (Lipinski definition) is 5. The zero-order valence-electron chi connectivity index (χ0n) is 15.6. The second-order valence-electron chi connectivity index (χ2n) is 6.95. The van der Waals surface area contributed by atoms with Crippen LogP contribution in [0.2, 0.25) is 0 Å². The molecule has 2 aromatic rings. The van der Waals surface area contributed by atoms with Crippen LogP contribution in [0.3, 0.4) is 0 Å². The number of allylic oxidation sites excluding steroid dienone is 3. The number of rotatable bonds is 6. The van der Waals surface area contributed by atoms with Crippen LogP contribution in [0.1, 0.15) is 26.3 Å². The molecule has 0 amide bonds. The summed E-state index contributed by atoms with van der Waals surface area (Å²) in [4.78, 5) is 15.0. The van der Waals surface area contributed by atoms with Gasteiger partial charge in [-0.25, -0.2) is 0 Å². The lowest BCUT2D eigenvalue weighted by Gasteiger charge is -2.24. The zero-order valence-corrected chi connectivity index (χ0v) is 16.5. The van der Waals surface area contributed by atoms with E-state index in [0.717, 1.165) is 16.5 Å². The Morgan fingerprint density at radius 3 is 2.81 bits per heavy atom. The van der Waals surface area contributed by atoms with E-state index in [1.807, 2.05) is 30.7 Å². The van der Waals surface area contributed by atoms with Gasteiger partial charge in [-0.05, 0) is 18.6 Å². The molecule has 3 rings (SSSR count). The highest BCUT2D eigenvalue weighted by Crippen LogP contribution is 2.46. The number of nitrogens with zero attached hydrogens (tertiary/aromatic N) is 4. The fourth-order valence-electron chi connectivity index (χ4n) is 3.33. The molecule has 1 aromatic carbocycles. The van der Waals surface area contributed by atoms with Crippen LogP contribution in [0.4, 0.5) is 5.69 Å². The number of benzene rings is 1. The van der Waals surface area contributed by atoms with E-state index in [1.54, 1.807) is 18.5 Å². The van der Waals surface area contributed by atoms with E-state index < -0.39 is 0 Å². The highest BCUT2D eigenvalue weighted by atomic mass is 32.2. The van der Waals surface area contributed by atoms with Crippen molar-refractivity contribution < 1.29 is 4.79 Å². The Bertz CT molecular complexity index is 868. The smallest absolute Gasteiger partial charge is 0.191 e. The number of thioether (sulfide) groups is 1. The average Bonchev–Trinajstić information content (AvgIpc) is 3.12. The van der Waals surface area contributed by atoms with Gasteiger partial charge in [0.05, 0.1) is 5.25 Å². The Kier molecular flexibility index (Phi) is 5.05. The first-order chi connectivity index (χ1) is 12.4. The van der Waals surface area contributed by atoms with Crippen molar-refractivity contribution in [2.75, 3.05) is 11.9 Å². The monoisotopic (exact) mass is 368 g/mol. The number of para-hydroxylation sites is 1. The normalized spacial score (nSPS) is 18.0. The molecule has 2 heterocycles. The molecule has 5 nitrogen and oxygen atoms in total. The average molecular weight is 369 g/mol. The minimum Gasteiger partial charge on any atom is -0.347 e. The number of ketones is 1. The zero-order chi connectivity index (χ0) is 18.9. The highest BCUT2D eigenvalue weighted by molar-refractivity contribution is 8.00. The van der Waals surface area contributed by atoms with Gasteiger partial charge in [0.1, 0.15) is 6.33 Å². The number of fused-ring (bicyclic) bond motifs is 1. The van der Waals surface area contributed by atoms with Crippen molar-refractivity contribution in [2.24, 2.45) is 0 Å². The third kappa shape index (κ3) is 3.21. The van der Waals surface area contributed by atoms with Gasteiger partial charge in [-0.3, -0.25) is 4.79 Å². The lowest BCUT2D eigenvalue weighted by atomic mass is 9.83. The largest absolute Gasteiger partial charge is 0.347 e. The Labute approximate surface area is 158 Å². The molecule has 136 valence electrons. The maximum atomic E-state index is 12.9. The summed E-state index contributed by atoms with van der Waals surface area (Å²) < 4.78 is 1.88. The summed E-state index contributed by atoms with van der Waals surface area (Å²) in [7, 11) is 2.02. The number of likely N-dealkylation sites (N-methyl/N-ethyl adjacent to an activating group) is 1. The number of hydrogen-bond donors (Lipinski definition) is 0. The molecule has 1 aliphatic heterocycles. The van der Waals surface area contributed by atoms with Gasteiger partial charge in [0.15, 0.2) is 10.9 Å². The molecule has 26 heavy (non-hydrogen) atoms. The topological polar surface area (TPSA) is 51.0 Å². The van der Waals surface area contributed by atoms with Crippen LogP contribution < -0.4 is 4.90 Å². The van der Waals surface area contributed by atoms with Crippen molar-refractivity contribution >= 4 is 23.2 Å². The van der Waals surface area contributed by atoms with Crippen LogP contribution in [0.5, 0.6) is 0 Å². The molecule has 0 spiro atoms. The summed E-state index contributed by atoms with van der Waals surface area (Å²) in [5, 5.41) is 8.52. The molecule has 0 radical (unpaired) electrons. The molecule has 0 saturated heterocycles. The van der Waals surface area contributed by atoms with Crippen LogP contribution in [0.25, 0.3) is 0 Å². The first-order valence-corrected chi connectivity index (χ1v) is 9.49. The Hall–Kier alpha value is -2.34. The maximum absolute atomic E-state index is 12.9. The minimum atomic E-state index is -0.247. The van der Waals surface area contributed by atoms with Gasteiger partial charge >= 0.3 is 0 Å². The van der Waals surface area contributed by atoms with Gasteiger partial charge < -0.3 is 9.47 Å². The van der Waals surface area contributed by atoms with E-state index in [4.69, 9.17) is 0 Å². The Balaban J connectivity index is 1.82. The van der Waals surface area contributed by atoms with Gasteiger partial charge in [0, 0.05) is 36.5 Å². The summed E-state index contributed by atoms with van der Waals surface area (Å²) in [6.07, 6.45) is 5.23. The second kappa shape index (κ2) is 7.11. The van der Waals surface area contributed by atoms with E-state index >= 15 is 0 Å². The lowest BCUT2D eigenvalue weighted by molar-refractivity contribution is -0.114. The van der Waals surface area contributed by atoms with Gasteiger partial charge in [-0.2, -0.15) is 0 Å². The first kappa shape index (κ1) is 18.5. The standard InChI is InChI=1S/C20H24N4OS/c1-6-11-24-13-21-22-19(24)26-14(2)17(25)12-18-20(3,4)15-9-7-8-10-16(15)23(18)5/h6-10,12-14H,1,11H2,2-5H3/b18-12-/t14-/m0/s1. The molecule has 1 aromatic heterocycles. The fraction of sp³-hybridized carbons (Fsp3) is 0.350. The van der Waals surface area contributed by atoms with E-state index in [9.17, 15) is 4.79 Å². The van der Waals surface area contributed by atoms with Crippen molar-refractivity contribution in [2.45, 2.75) is 43.1 Å². The molecule has 0 unspecified atom stereocenters. The quantitative estimate of drug-likeness (QED) is 0.441. The van der Waals surface area contributed by atoms with Crippen molar-refractivity contribution in [3.63, 3.8) is 0 Å². The van der Waals surface area contributed by atoms with Crippen LogP contribution in [0, 0.1) is 0 Å². The fourth-order valence-corrected chi connectivity index (χ4v) is 4.18. The van der Waals surface area contributed by atoms with Crippen molar-refractivity contribution in [3.8, 4) is 0 Å². The molecular weight excluding hydrogens is 344 g/mol. The molecule has 1 atom stereocenters. The van der Waals surface area contributed by atoms with Gasteiger partial charge in [0.2, 0.25) is 0 Å². The first-order valence-electron chi connectivity index (χ1n) is 8.61. The molecule has 6 heteroatoms. The third-order valence-electron chi connectivity index (χ3n) is 4.81. The second-order valence-corrected chi connectivity index (χ2v) is 8.26. The number of carbonyl (C=O) groups excluding carboxylic acids is 1. The van der Waals surface area contributed by atoms with E-state index in [-0.39, 0.29) is 16.4 Å². The predicted molar refractivity (Wildman–Crippen MR) is 106 cm³/mol. The summed E-state index contributed by atoms with van der Waals surface area (Å²) in [6, 6.07) is 8.30. The highest BCUT2D eigenvalue weighted by Gasteiger charge is 2.38. The summed E-state index contributed by atoms with van der Waals surface area (Å²) in [5.41, 5.74) is 3.22. The van der Waals surface area contributed by atoms with Crippen molar-refractivity contribution in [1.82, 2.24) is 14.8 Å². The lowest BCUT2D eigenvalue weighted by Crippen LogP contribution is -2.25. The molecule has 1 aliphatic rings. The van der Waals surface area contributed by atoms with Crippen LogP contribution in [0.15, 0.2) is 60.2 Å². The molecule has 0 saturated carbocycles. The summed E-state index contributed by atoms with van der Waals surface area (Å²) in [6.45, 7) is 10.6. The molecule has 0 aliphatic carbocycles. The van der Waals surface area contributed by atoms with E-state index in [2.05, 4.69) is 47.7 Å². The third-order valence-corrected chi connectivity index (χ3v) is 5.92. The number of carbonyl (C=O) groups is 1. The van der Waals surface area contributed by atoms with E-state index in [1.165, 1.54) is 17.3 Å². The molecule has 0 bridgehead atoms. The maximum Gasteiger partial charge on any atom is 0.191 e. The Morgan fingerprint density at radius 2 is 2.12 bits per heavy atom. The van der Waals surface area contributed by atoms with Crippen molar-refractivity contribution in [1.29, 1.82) is 0 Å². The number of anilines is 1. The number of aromatic nitrogens is 3. The molecular formula is C20H24N4OS. The minimum absolute atomic E-state index is 0.0749. The van der Waals surface area contributed by atoms with Gasteiger partial charge in [-0.15, -0.1) is 16.8 Å². The predicted octanol–water partition coefficient (Wildman–Crippen LogP) is 3.83. The van der Waals surface area contributed by atoms with Gasteiger partial charge in [-0.1, -0.05) is 49.9 Å². The van der Waals surface area contributed by atoms with E-state index in [0.29, 0.717) is 6.54 Å². The summed E-state index contributed by atoms with van der Waals surface area (Å²) >= 11 is 1.42. The van der Waals surface area contributed by atoms with Crippen molar-refractivity contribution in [3.05, 3.63) is 60.6 Å². The van der Waals surface area contributed by atoms with Crippen LogP contribution >= 0.6 is 11.8 Å². The SMILES string of the molecule is C=CCn1cnnc1S[C@@H](C)C(=O)/C=C1\N(C)c2ccccc2C1(C)C. The molecule has 0 fully saturated rings. The Morgan fingerprint density at radius 1 is 1.38 bits per heavy atom. The van der Waals surface area contributed by atoms with Gasteiger partial charge in [0.25, 0.3) is 0 Å². The molecule has 0 N–H and O–H groups in total. The van der Waals surface area contributed by atoms with Crippen LogP contribution in [-0.2, 0) is 16.8 Å². The summed E-state index contributed by atoms with van der Waals surface area (Å²) in [5.74, 6) is 0.0749. The van der Waals surface area contributed by atoms with Crippen LogP contribution in [-0.4, -0.2) is 32.8 Å².